The second kappa shape index (κ2) is 7.90. The van der Waals surface area contributed by atoms with Crippen LogP contribution >= 0.6 is 0 Å². The number of aryl methyl sites for hydroxylation is 2. The maximum absolute atomic E-state index is 13.1. The molecule has 0 amide bonds. The van der Waals surface area contributed by atoms with Gasteiger partial charge in [-0.1, -0.05) is 6.07 Å². The molecule has 29 heavy (non-hydrogen) atoms. The molecule has 3 aromatic rings. The van der Waals surface area contributed by atoms with Gasteiger partial charge in [0.05, 0.1) is 35.6 Å². The minimum Gasteiger partial charge on any atom is -0.369 e. The zero-order valence-corrected chi connectivity index (χ0v) is 17.0. The number of aromatic nitrogens is 4. The topological polar surface area (TPSA) is 113 Å². The number of nitrogens with zero attached hydrogens (tertiary/aromatic N) is 4. The van der Waals surface area contributed by atoms with E-state index >= 15 is 0 Å². The van der Waals surface area contributed by atoms with Crippen molar-refractivity contribution in [2.75, 3.05) is 25.0 Å². The quantitative estimate of drug-likeness (QED) is 0.659. The fourth-order valence-electron chi connectivity index (χ4n) is 3.33. The Morgan fingerprint density at radius 2 is 2.07 bits per heavy atom. The molecule has 1 atom stereocenters. The Balaban J connectivity index is 1.50. The predicted molar refractivity (Wildman–Crippen MR) is 107 cm³/mol. The lowest BCUT2D eigenvalue weighted by molar-refractivity contribution is -0.00494. The van der Waals surface area contributed by atoms with Crippen LogP contribution in [0.15, 0.2) is 47.6 Å². The molecular formula is C19H22N6O3S. The second-order valence-electron chi connectivity index (χ2n) is 6.80. The molecule has 4 heterocycles. The van der Waals surface area contributed by atoms with E-state index in [0.717, 1.165) is 11.5 Å². The average Bonchev–Trinajstić information content (AvgIpc) is 3.08. The summed E-state index contributed by atoms with van der Waals surface area (Å²) in [5.74, 6) is 0.721. The molecule has 0 saturated carbocycles. The van der Waals surface area contributed by atoms with Crippen LogP contribution in [0.1, 0.15) is 23.2 Å². The molecule has 1 fully saturated rings. The summed E-state index contributed by atoms with van der Waals surface area (Å²) in [5.41, 5.74) is 2.47. The number of ether oxygens (including phenoxy) is 1. The molecule has 1 aliphatic heterocycles. The van der Waals surface area contributed by atoms with Gasteiger partial charge in [-0.2, -0.15) is 9.40 Å². The van der Waals surface area contributed by atoms with Gasteiger partial charge in [-0.15, -0.1) is 0 Å². The van der Waals surface area contributed by atoms with Crippen molar-refractivity contribution in [3.63, 3.8) is 0 Å². The highest BCUT2D eigenvalue weighted by Gasteiger charge is 2.34. The van der Waals surface area contributed by atoms with E-state index in [4.69, 9.17) is 4.74 Å². The minimum absolute atomic E-state index is 0.201. The Hall–Kier alpha value is -2.82. The van der Waals surface area contributed by atoms with Crippen LogP contribution in [0.5, 0.6) is 0 Å². The summed E-state index contributed by atoms with van der Waals surface area (Å²) in [6.45, 7) is 4.19. The van der Waals surface area contributed by atoms with Crippen molar-refractivity contribution in [3.8, 4) is 0 Å². The highest BCUT2D eigenvalue weighted by molar-refractivity contribution is 7.89. The first kappa shape index (κ1) is 19.5. The SMILES string of the molecule is Cc1n[nH]c(C)c1S(=O)(=O)N1CCO[C@@H](c2ccc(Nc3ccccn3)cn2)C1. The normalized spacial score (nSPS) is 17.9. The van der Waals surface area contributed by atoms with E-state index in [9.17, 15) is 8.42 Å². The van der Waals surface area contributed by atoms with Crippen LogP contribution in [0.3, 0.4) is 0 Å². The van der Waals surface area contributed by atoms with Gasteiger partial charge in [-0.3, -0.25) is 10.1 Å². The number of anilines is 2. The molecule has 152 valence electrons. The van der Waals surface area contributed by atoms with Crippen molar-refractivity contribution in [1.29, 1.82) is 0 Å². The van der Waals surface area contributed by atoms with Gasteiger partial charge in [0.1, 0.15) is 16.8 Å². The minimum atomic E-state index is -3.66. The number of hydrogen-bond acceptors (Lipinski definition) is 7. The third-order valence-electron chi connectivity index (χ3n) is 4.74. The second-order valence-corrected chi connectivity index (χ2v) is 8.67. The van der Waals surface area contributed by atoms with Crippen molar-refractivity contribution in [3.05, 3.63) is 59.8 Å². The number of pyridine rings is 2. The van der Waals surface area contributed by atoms with E-state index in [-0.39, 0.29) is 11.4 Å². The molecule has 0 radical (unpaired) electrons. The molecule has 0 unspecified atom stereocenters. The summed E-state index contributed by atoms with van der Waals surface area (Å²) in [6, 6.07) is 9.31. The maximum Gasteiger partial charge on any atom is 0.246 e. The van der Waals surface area contributed by atoms with Gasteiger partial charge >= 0.3 is 0 Å². The summed E-state index contributed by atoms with van der Waals surface area (Å²) in [6.07, 6.45) is 2.96. The highest BCUT2D eigenvalue weighted by Crippen LogP contribution is 2.28. The van der Waals surface area contributed by atoms with Gasteiger partial charge in [0.2, 0.25) is 10.0 Å². The fraction of sp³-hybridized carbons (Fsp3) is 0.316. The molecule has 3 aromatic heterocycles. The zero-order valence-electron chi connectivity index (χ0n) is 16.2. The van der Waals surface area contributed by atoms with Crippen molar-refractivity contribution < 1.29 is 13.2 Å². The maximum atomic E-state index is 13.1. The van der Waals surface area contributed by atoms with Gasteiger partial charge < -0.3 is 10.1 Å². The zero-order chi connectivity index (χ0) is 20.4. The lowest BCUT2D eigenvalue weighted by Crippen LogP contribution is -2.42. The molecule has 10 heteroatoms. The third kappa shape index (κ3) is 4.00. The van der Waals surface area contributed by atoms with E-state index in [2.05, 4.69) is 25.5 Å². The number of nitrogens with one attached hydrogen (secondary N) is 2. The van der Waals surface area contributed by atoms with Gasteiger partial charge in [0.25, 0.3) is 0 Å². The fourth-order valence-corrected chi connectivity index (χ4v) is 5.08. The number of sulfonamides is 1. The molecule has 1 aliphatic rings. The third-order valence-corrected chi connectivity index (χ3v) is 6.87. The summed E-state index contributed by atoms with van der Waals surface area (Å²) in [4.78, 5) is 8.91. The Morgan fingerprint density at radius 1 is 1.21 bits per heavy atom. The van der Waals surface area contributed by atoms with Gasteiger partial charge in [-0.25, -0.2) is 13.4 Å². The molecular weight excluding hydrogens is 392 g/mol. The highest BCUT2D eigenvalue weighted by atomic mass is 32.2. The van der Waals surface area contributed by atoms with Crippen LogP contribution in [0.2, 0.25) is 0 Å². The smallest absolute Gasteiger partial charge is 0.246 e. The monoisotopic (exact) mass is 414 g/mol. The predicted octanol–water partition coefficient (Wildman–Crippen LogP) is 2.32. The van der Waals surface area contributed by atoms with E-state index in [1.54, 1.807) is 26.2 Å². The summed E-state index contributed by atoms with van der Waals surface area (Å²) in [7, 11) is -3.66. The number of H-pyrrole nitrogens is 1. The van der Waals surface area contributed by atoms with Crippen molar-refractivity contribution >= 4 is 21.5 Å². The molecule has 0 bridgehead atoms. The molecule has 2 N–H and O–H groups in total. The summed E-state index contributed by atoms with van der Waals surface area (Å²) < 4.78 is 33.4. The van der Waals surface area contributed by atoms with Crippen molar-refractivity contribution in [2.24, 2.45) is 0 Å². The van der Waals surface area contributed by atoms with E-state index in [0.29, 0.717) is 30.2 Å². The Bertz CT molecular complexity index is 1060. The van der Waals surface area contributed by atoms with Crippen LogP contribution < -0.4 is 5.32 Å². The first-order valence-electron chi connectivity index (χ1n) is 9.22. The van der Waals surface area contributed by atoms with Crippen LogP contribution in [0.4, 0.5) is 11.5 Å². The first-order valence-corrected chi connectivity index (χ1v) is 10.7. The van der Waals surface area contributed by atoms with Gasteiger partial charge in [0, 0.05) is 19.3 Å². The van der Waals surface area contributed by atoms with Gasteiger partial charge in [0.15, 0.2) is 0 Å². The molecule has 9 nitrogen and oxygen atoms in total. The molecule has 1 saturated heterocycles. The van der Waals surface area contributed by atoms with Crippen LogP contribution in [0, 0.1) is 13.8 Å². The number of morpholine rings is 1. The first-order chi connectivity index (χ1) is 13.9. The van der Waals surface area contributed by atoms with E-state index < -0.39 is 16.1 Å². The van der Waals surface area contributed by atoms with Gasteiger partial charge in [-0.05, 0) is 38.1 Å². The largest absolute Gasteiger partial charge is 0.369 e. The number of aromatic amines is 1. The lowest BCUT2D eigenvalue weighted by atomic mass is 10.2. The van der Waals surface area contributed by atoms with Crippen LogP contribution in [0.25, 0.3) is 0 Å². The Labute approximate surface area is 169 Å². The van der Waals surface area contributed by atoms with Crippen molar-refractivity contribution in [1.82, 2.24) is 24.5 Å². The van der Waals surface area contributed by atoms with Crippen LogP contribution in [-0.4, -0.2) is 52.6 Å². The molecule has 4 rings (SSSR count). The number of hydrogen-bond donors (Lipinski definition) is 2. The van der Waals surface area contributed by atoms with E-state index in [1.807, 2.05) is 30.3 Å². The van der Waals surface area contributed by atoms with Crippen molar-refractivity contribution in [2.45, 2.75) is 24.8 Å². The van der Waals surface area contributed by atoms with Crippen LogP contribution in [-0.2, 0) is 14.8 Å². The van der Waals surface area contributed by atoms with E-state index in [1.165, 1.54) is 4.31 Å². The molecule has 0 aliphatic carbocycles. The number of rotatable bonds is 5. The molecule has 0 aromatic carbocycles. The lowest BCUT2D eigenvalue weighted by Gasteiger charge is -2.32. The average molecular weight is 414 g/mol. The molecule has 0 spiro atoms. The standard InChI is InChI=1S/C19H22N6O3S/c1-13-19(14(2)24-23-13)29(26,27)25-9-10-28-17(12-25)16-7-6-15(11-21-16)22-18-5-3-4-8-20-18/h3-8,11,17H,9-10,12H2,1-2H3,(H,20,22)(H,23,24)/t17-/m1/s1. The summed E-state index contributed by atoms with van der Waals surface area (Å²) >= 11 is 0. The summed E-state index contributed by atoms with van der Waals surface area (Å²) in [5, 5.41) is 9.92. The Morgan fingerprint density at radius 3 is 2.72 bits per heavy atom. The Kier molecular flexibility index (Phi) is 5.31.